The molecular weight excluding hydrogens is 361 g/mol. The molecule has 1 aromatic carbocycles. The number of carbonyl (C=O) groups is 1. The summed E-state index contributed by atoms with van der Waals surface area (Å²) in [7, 11) is 1.43. The van der Waals surface area contributed by atoms with Crippen LogP contribution in [0.15, 0.2) is 48.3 Å². The highest BCUT2D eigenvalue weighted by atomic mass is 19.1. The molecule has 0 saturated carbocycles. The lowest BCUT2D eigenvalue weighted by Crippen LogP contribution is -2.39. The monoisotopic (exact) mass is 383 g/mol. The van der Waals surface area contributed by atoms with E-state index in [0.717, 1.165) is 29.9 Å². The molecule has 1 amide bonds. The number of amides is 1. The Morgan fingerprint density at radius 2 is 2.14 bits per heavy atom. The van der Waals surface area contributed by atoms with Crippen molar-refractivity contribution in [2.45, 2.75) is 32.5 Å². The number of benzene rings is 1. The van der Waals surface area contributed by atoms with E-state index in [1.54, 1.807) is 27.8 Å². The predicted octanol–water partition coefficient (Wildman–Crippen LogP) is 3.44. The van der Waals surface area contributed by atoms with Crippen molar-refractivity contribution in [1.29, 1.82) is 0 Å². The minimum atomic E-state index is -0.414. The highest BCUT2D eigenvalue weighted by Gasteiger charge is 2.26. The quantitative estimate of drug-likeness (QED) is 0.767. The van der Waals surface area contributed by atoms with Crippen LogP contribution in [0.4, 0.5) is 4.39 Å². The maximum Gasteiger partial charge on any atom is 0.272 e. The summed E-state index contributed by atoms with van der Waals surface area (Å²) in [6, 6.07) is 6.44. The molecule has 1 aliphatic heterocycles. The molecule has 0 fully saturated rings. The SMILES string of the molecule is COc1cc(CN2CCn3nc(COC4=CC=CCC4)cc3C2=O)ccc1F. The Labute approximate surface area is 162 Å². The predicted molar refractivity (Wildman–Crippen MR) is 101 cm³/mol. The van der Waals surface area contributed by atoms with Crippen molar-refractivity contribution >= 4 is 5.91 Å². The van der Waals surface area contributed by atoms with Gasteiger partial charge in [-0.05, 0) is 36.3 Å². The summed E-state index contributed by atoms with van der Waals surface area (Å²) < 4.78 is 26.2. The normalized spacial score (nSPS) is 16.0. The van der Waals surface area contributed by atoms with Crippen LogP contribution in [0.2, 0.25) is 0 Å². The van der Waals surface area contributed by atoms with E-state index in [2.05, 4.69) is 11.2 Å². The zero-order chi connectivity index (χ0) is 19.5. The van der Waals surface area contributed by atoms with Crippen LogP contribution in [0.1, 0.15) is 34.6 Å². The fourth-order valence-corrected chi connectivity index (χ4v) is 3.40. The summed E-state index contributed by atoms with van der Waals surface area (Å²) in [5, 5.41) is 4.50. The smallest absolute Gasteiger partial charge is 0.272 e. The van der Waals surface area contributed by atoms with Crippen molar-refractivity contribution in [3.05, 3.63) is 71.0 Å². The van der Waals surface area contributed by atoms with E-state index in [1.807, 2.05) is 12.2 Å². The fourth-order valence-electron chi connectivity index (χ4n) is 3.40. The molecule has 0 spiro atoms. The molecule has 2 aliphatic rings. The molecule has 4 rings (SSSR count). The number of hydrogen-bond donors (Lipinski definition) is 0. The first-order valence-electron chi connectivity index (χ1n) is 9.31. The average Bonchev–Trinajstić information content (AvgIpc) is 3.15. The summed E-state index contributed by atoms with van der Waals surface area (Å²) in [5.41, 5.74) is 2.11. The topological polar surface area (TPSA) is 56.6 Å². The van der Waals surface area contributed by atoms with E-state index in [1.165, 1.54) is 13.2 Å². The largest absolute Gasteiger partial charge is 0.494 e. The third-order valence-corrected chi connectivity index (χ3v) is 4.89. The van der Waals surface area contributed by atoms with Gasteiger partial charge in [0, 0.05) is 19.5 Å². The second-order valence-electron chi connectivity index (χ2n) is 6.83. The van der Waals surface area contributed by atoms with Crippen molar-refractivity contribution in [2.24, 2.45) is 0 Å². The van der Waals surface area contributed by atoms with Crippen molar-refractivity contribution in [1.82, 2.24) is 14.7 Å². The number of halogens is 1. The van der Waals surface area contributed by atoms with Crippen molar-refractivity contribution < 1.29 is 18.7 Å². The Bertz CT molecular complexity index is 948. The number of nitrogens with zero attached hydrogens (tertiary/aromatic N) is 3. The first kappa shape index (κ1) is 18.3. The summed E-state index contributed by atoms with van der Waals surface area (Å²) in [6.07, 6.45) is 7.92. The molecule has 28 heavy (non-hydrogen) atoms. The van der Waals surface area contributed by atoms with E-state index in [0.29, 0.717) is 31.9 Å². The lowest BCUT2D eigenvalue weighted by molar-refractivity contribution is 0.0683. The molecule has 1 aliphatic carbocycles. The van der Waals surface area contributed by atoms with Gasteiger partial charge in [-0.3, -0.25) is 9.48 Å². The number of hydrogen-bond acceptors (Lipinski definition) is 4. The van der Waals surface area contributed by atoms with Gasteiger partial charge >= 0.3 is 0 Å². The zero-order valence-corrected chi connectivity index (χ0v) is 15.7. The number of fused-ring (bicyclic) bond motifs is 1. The molecule has 0 saturated heterocycles. The molecule has 1 aromatic heterocycles. The fraction of sp³-hybridized carbons (Fsp3) is 0.333. The lowest BCUT2D eigenvalue weighted by atomic mass is 10.1. The minimum absolute atomic E-state index is 0.0897. The van der Waals surface area contributed by atoms with E-state index in [-0.39, 0.29) is 11.7 Å². The van der Waals surface area contributed by atoms with Crippen LogP contribution in [0.3, 0.4) is 0 Å². The number of allylic oxidation sites excluding steroid dienone is 4. The van der Waals surface area contributed by atoms with Crippen LogP contribution in [-0.2, 0) is 24.4 Å². The maximum atomic E-state index is 13.6. The van der Waals surface area contributed by atoms with Crippen molar-refractivity contribution in [3.63, 3.8) is 0 Å². The number of methoxy groups -OCH3 is 1. The first-order valence-corrected chi connectivity index (χ1v) is 9.31. The molecule has 6 nitrogen and oxygen atoms in total. The Morgan fingerprint density at radius 3 is 2.93 bits per heavy atom. The van der Waals surface area contributed by atoms with Crippen molar-refractivity contribution in [3.8, 4) is 5.75 Å². The molecule has 0 bridgehead atoms. The number of ether oxygens (including phenoxy) is 2. The van der Waals surface area contributed by atoms with Gasteiger partial charge in [-0.1, -0.05) is 18.2 Å². The molecule has 2 heterocycles. The van der Waals surface area contributed by atoms with Gasteiger partial charge in [-0.2, -0.15) is 5.10 Å². The van der Waals surface area contributed by atoms with Crippen LogP contribution in [0.5, 0.6) is 5.75 Å². The standard InChI is InChI=1S/C21H22FN3O3/c1-27-20-11-15(7-8-18(20)22)13-24-9-10-25-19(21(24)26)12-16(23-25)14-28-17-5-3-2-4-6-17/h2-3,5,7-8,11-12H,4,6,9-10,13-14H2,1H3. The molecule has 0 N–H and O–H groups in total. The van der Waals surface area contributed by atoms with E-state index >= 15 is 0 Å². The second-order valence-corrected chi connectivity index (χ2v) is 6.83. The van der Waals surface area contributed by atoms with Gasteiger partial charge in [-0.25, -0.2) is 4.39 Å². The molecule has 2 aromatic rings. The third-order valence-electron chi connectivity index (χ3n) is 4.89. The Balaban J connectivity index is 1.44. The van der Waals surface area contributed by atoms with Gasteiger partial charge in [0.05, 0.1) is 19.4 Å². The highest BCUT2D eigenvalue weighted by Crippen LogP contribution is 2.22. The van der Waals surface area contributed by atoms with E-state index in [9.17, 15) is 9.18 Å². The first-order chi connectivity index (χ1) is 13.6. The molecule has 146 valence electrons. The number of carbonyl (C=O) groups excluding carboxylic acids is 1. The minimum Gasteiger partial charge on any atom is -0.494 e. The van der Waals surface area contributed by atoms with Crippen LogP contribution >= 0.6 is 0 Å². The number of rotatable bonds is 6. The van der Waals surface area contributed by atoms with Gasteiger partial charge in [0.25, 0.3) is 5.91 Å². The molecular formula is C21H22FN3O3. The van der Waals surface area contributed by atoms with Crippen LogP contribution in [-0.4, -0.2) is 34.2 Å². The van der Waals surface area contributed by atoms with Crippen LogP contribution < -0.4 is 4.74 Å². The van der Waals surface area contributed by atoms with Gasteiger partial charge in [0.15, 0.2) is 11.6 Å². The molecule has 0 unspecified atom stereocenters. The summed E-state index contributed by atoms with van der Waals surface area (Å²) in [4.78, 5) is 14.6. The van der Waals surface area contributed by atoms with Crippen LogP contribution in [0.25, 0.3) is 0 Å². The molecule has 0 radical (unpaired) electrons. The van der Waals surface area contributed by atoms with Gasteiger partial charge < -0.3 is 14.4 Å². The Kier molecular flexibility index (Phi) is 5.14. The van der Waals surface area contributed by atoms with Crippen molar-refractivity contribution in [2.75, 3.05) is 13.7 Å². The van der Waals surface area contributed by atoms with E-state index in [4.69, 9.17) is 9.47 Å². The second kappa shape index (κ2) is 7.88. The molecule has 7 heteroatoms. The average molecular weight is 383 g/mol. The highest BCUT2D eigenvalue weighted by molar-refractivity contribution is 5.93. The van der Waals surface area contributed by atoms with Gasteiger partial charge in [0.1, 0.15) is 18.0 Å². The van der Waals surface area contributed by atoms with Gasteiger partial charge in [0.2, 0.25) is 0 Å². The summed E-state index contributed by atoms with van der Waals surface area (Å²) in [5.74, 6) is 0.612. The molecule has 0 atom stereocenters. The van der Waals surface area contributed by atoms with Gasteiger partial charge in [-0.15, -0.1) is 0 Å². The van der Waals surface area contributed by atoms with E-state index < -0.39 is 5.82 Å². The number of aromatic nitrogens is 2. The lowest BCUT2D eigenvalue weighted by Gasteiger charge is -2.27. The summed E-state index contributed by atoms with van der Waals surface area (Å²) in [6.45, 7) is 1.90. The third kappa shape index (κ3) is 3.78. The zero-order valence-electron chi connectivity index (χ0n) is 15.7. The van der Waals surface area contributed by atoms with Crippen LogP contribution in [0, 0.1) is 5.82 Å². The Morgan fingerprint density at radius 1 is 1.25 bits per heavy atom. The maximum absolute atomic E-state index is 13.6. The summed E-state index contributed by atoms with van der Waals surface area (Å²) >= 11 is 0. The Hall–Kier alpha value is -3.09.